The standard InChI is InChI=1S/C28H26Cl3FN4O/c29-21-15-23(30)26-24(16-21)36(27(37)34-17-20-7-10-33-25(31)14-20)18-28(26)8-12-35(13-9-28)11-1-2-19-3-5-22(32)6-4-19/h1-7,10,14-16H,8-9,11-13,17-18H2,(H,34,37). The van der Waals surface area contributed by atoms with Crippen LogP contribution < -0.4 is 10.2 Å². The minimum absolute atomic E-state index is 0.200. The number of pyridine rings is 1. The van der Waals surface area contributed by atoms with Crippen molar-refractivity contribution in [2.45, 2.75) is 24.8 Å². The van der Waals surface area contributed by atoms with E-state index < -0.39 is 0 Å². The first-order valence-electron chi connectivity index (χ1n) is 12.1. The van der Waals surface area contributed by atoms with Crippen molar-refractivity contribution in [3.8, 4) is 0 Å². The van der Waals surface area contributed by atoms with Gasteiger partial charge in [-0.05, 0) is 73.5 Å². The van der Waals surface area contributed by atoms with E-state index in [2.05, 4.69) is 21.3 Å². The van der Waals surface area contributed by atoms with Crippen molar-refractivity contribution in [3.63, 3.8) is 0 Å². The molecule has 2 aliphatic heterocycles. The third-order valence-electron chi connectivity index (χ3n) is 7.15. The van der Waals surface area contributed by atoms with Crippen LogP contribution >= 0.6 is 34.8 Å². The molecule has 1 aromatic heterocycles. The highest BCUT2D eigenvalue weighted by Crippen LogP contribution is 2.51. The molecule has 2 aliphatic rings. The lowest BCUT2D eigenvalue weighted by atomic mass is 9.74. The molecule has 3 aromatic rings. The maximum Gasteiger partial charge on any atom is 0.322 e. The molecule has 2 amide bonds. The summed E-state index contributed by atoms with van der Waals surface area (Å²) in [5.74, 6) is -0.236. The Morgan fingerprint density at radius 1 is 1.08 bits per heavy atom. The summed E-state index contributed by atoms with van der Waals surface area (Å²) in [6.45, 7) is 3.43. The average Bonchev–Trinajstić information content (AvgIpc) is 3.19. The number of urea groups is 1. The molecule has 37 heavy (non-hydrogen) atoms. The SMILES string of the molecule is O=C(NCc1ccnc(Cl)c1)N1CC2(CCN(CC=Cc3ccc(F)cc3)CC2)c2c(Cl)cc(Cl)cc21. The first kappa shape index (κ1) is 26.0. The number of fused-ring (bicyclic) bond motifs is 2. The molecular weight excluding hydrogens is 534 g/mol. The van der Waals surface area contributed by atoms with Gasteiger partial charge in [-0.1, -0.05) is 59.1 Å². The normalized spacial score (nSPS) is 16.9. The van der Waals surface area contributed by atoms with E-state index in [0.29, 0.717) is 28.3 Å². The second kappa shape index (κ2) is 11.0. The van der Waals surface area contributed by atoms with Crippen LogP contribution in [0.5, 0.6) is 0 Å². The summed E-state index contributed by atoms with van der Waals surface area (Å²) < 4.78 is 13.1. The van der Waals surface area contributed by atoms with Gasteiger partial charge in [0.15, 0.2) is 0 Å². The number of likely N-dealkylation sites (tertiary alicyclic amines) is 1. The maximum atomic E-state index is 13.3. The van der Waals surface area contributed by atoms with Gasteiger partial charge in [0.2, 0.25) is 0 Å². The number of rotatable bonds is 5. The molecule has 3 heterocycles. The highest BCUT2D eigenvalue weighted by molar-refractivity contribution is 6.36. The van der Waals surface area contributed by atoms with E-state index in [1.165, 1.54) is 12.1 Å². The zero-order valence-electron chi connectivity index (χ0n) is 20.1. The lowest BCUT2D eigenvalue weighted by molar-refractivity contribution is 0.180. The van der Waals surface area contributed by atoms with E-state index in [-0.39, 0.29) is 17.3 Å². The van der Waals surface area contributed by atoms with E-state index in [9.17, 15) is 9.18 Å². The molecule has 0 unspecified atom stereocenters. The van der Waals surface area contributed by atoms with Crippen molar-refractivity contribution in [3.05, 3.63) is 98.5 Å². The van der Waals surface area contributed by atoms with Gasteiger partial charge < -0.3 is 5.32 Å². The first-order valence-corrected chi connectivity index (χ1v) is 13.3. The fourth-order valence-corrected chi connectivity index (χ4v) is 6.13. The number of piperidine rings is 1. The summed E-state index contributed by atoms with van der Waals surface area (Å²) in [7, 11) is 0. The summed E-state index contributed by atoms with van der Waals surface area (Å²) in [5, 5.41) is 4.48. The molecule has 1 fully saturated rings. The van der Waals surface area contributed by atoms with Crippen LogP contribution in [0.3, 0.4) is 0 Å². The van der Waals surface area contributed by atoms with Gasteiger partial charge in [0.25, 0.3) is 0 Å². The molecule has 0 bridgehead atoms. The number of hydrogen-bond acceptors (Lipinski definition) is 3. The molecule has 0 saturated carbocycles. The minimum atomic E-state index is -0.236. The summed E-state index contributed by atoms with van der Waals surface area (Å²) in [4.78, 5) is 21.4. The number of aromatic nitrogens is 1. The van der Waals surface area contributed by atoms with E-state index in [0.717, 1.165) is 54.9 Å². The number of amides is 2. The van der Waals surface area contributed by atoms with Crippen LogP contribution in [-0.4, -0.2) is 42.1 Å². The first-order chi connectivity index (χ1) is 17.8. The number of anilines is 1. The second-order valence-corrected chi connectivity index (χ2v) is 10.8. The molecule has 192 valence electrons. The molecule has 0 atom stereocenters. The fraction of sp³-hybridized carbons (Fsp3) is 0.286. The van der Waals surface area contributed by atoms with Gasteiger partial charge in [-0.15, -0.1) is 0 Å². The quantitative estimate of drug-likeness (QED) is 0.344. The van der Waals surface area contributed by atoms with Gasteiger partial charge in [0, 0.05) is 46.9 Å². The molecule has 5 rings (SSSR count). The Bertz CT molecular complexity index is 1320. The Morgan fingerprint density at radius 3 is 2.57 bits per heavy atom. The zero-order chi connectivity index (χ0) is 26.0. The van der Waals surface area contributed by atoms with Gasteiger partial charge in [0.1, 0.15) is 11.0 Å². The monoisotopic (exact) mass is 558 g/mol. The van der Waals surface area contributed by atoms with Gasteiger partial charge in [-0.25, -0.2) is 14.2 Å². The number of hydrogen-bond donors (Lipinski definition) is 1. The third kappa shape index (κ3) is 5.78. The van der Waals surface area contributed by atoms with Crippen LogP contribution in [0, 0.1) is 5.82 Å². The summed E-state index contributed by atoms with van der Waals surface area (Å²) in [5.41, 5.74) is 3.38. The van der Waals surface area contributed by atoms with Crippen LogP contribution in [-0.2, 0) is 12.0 Å². The molecule has 0 radical (unpaired) electrons. The van der Waals surface area contributed by atoms with Crippen molar-refractivity contribution < 1.29 is 9.18 Å². The largest absolute Gasteiger partial charge is 0.334 e. The van der Waals surface area contributed by atoms with Crippen molar-refractivity contribution in [2.75, 3.05) is 31.1 Å². The fourth-order valence-electron chi connectivity index (χ4n) is 5.26. The summed E-state index contributed by atoms with van der Waals surface area (Å²) >= 11 is 19.1. The Hall–Kier alpha value is -2.64. The lowest BCUT2D eigenvalue weighted by Gasteiger charge is -2.39. The van der Waals surface area contributed by atoms with Crippen molar-refractivity contribution in [2.24, 2.45) is 0 Å². The minimum Gasteiger partial charge on any atom is -0.334 e. The average molecular weight is 560 g/mol. The van der Waals surface area contributed by atoms with Gasteiger partial charge in [-0.2, -0.15) is 0 Å². The van der Waals surface area contributed by atoms with E-state index >= 15 is 0 Å². The third-order valence-corrected chi connectivity index (χ3v) is 7.88. The van der Waals surface area contributed by atoms with Crippen molar-refractivity contribution >= 4 is 52.6 Å². The number of carbonyl (C=O) groups excluding carboxylic acids is 1. The number of halogens is 4. The van der Waals surface area contributed by atoms with Crippen LogP contribution in [0.25, 0.3) is 6.08 Å². The van der Waals surface area contributed by atoms with Crippen LogP contribution in [0.15, 0.2) is 60.8 Å². The molecule has 2 aromatic carbocycles. The smallest absolute Gasteiger partial charge is 0.322 e. The van der Waals surface area contributed by atoms with Gasteiger partial charge >= 0.3 is 6.03 Å². The van der Waals surface area contributed by atoms with E-state index in [4.69, 9.17) is 34.8 Å². The second-order valence-electron chi connectivity index (χ2n) is 9.55. The molecule has 1 N–H and O–H groups in total. The molecule has 1 spiro atoms. The Labute approximate surface area is 230 Å². The number of nitrogens with zero attached hydrogens (tertiary/aromatic N) is 3. The molecule has 0 aliphatic carbocycles. The number of nitrogens with one attached hydrogen (secondary N) is 1. The zero-order valence-corrected chi connectivity index (χ0v) is 22.3. The van der Waals surface area contributed by atoms with Crippen LogP contribution in [0.1, 0.15) is 29.5 Å². The van der Waals surface area contributed by atoms with Gasteiger partial charge in [0.05, 0.1) is 5.69 Å². The van der Waals surface area contributed by atoms with E-state index in [1.54, 1.807) is 35.4 Å². The van der Waals surface area contributed by atoms with Crippen molar-refractivity contribution in [1.82, 2.24) is 15.2 Å². The number of benzene rings is 2. The predicted octanol–water partition coefficient (Wildman–Crippen LogP) is 6.96. The molecule has 9 heteroatoms. The highest BCUT2D eigenvalue weighted by atomic mass is 35.5. The number of carbonyl (C=O) groups is 1. The van der Waals surface area contributed by atoms with Gasteiger partial charge in [-0.3, -0.25) is 9.80 Å². The summed E-state index contributed by atoms with van der Waals surface area (Å²) in [6, 6.07) is 13.4. The van der Waals surface area contributed by atoms with Crippen LogP contribution in [0.4, 0.5) is 14.9 Å². The molecule has 1 saturated heterocycles. The lowest BCUT2D eigenvalue weighted by Crippen LogP contribution is -2.47. The summed E-state index contributed by atoms with van der Waals surface area (Å²) in [6.07, 6.45) is 7.47. The topological polar surface area (TPSA) is 48.5 Å². The molecule has 5 nitrogen and oxygen atoms in total. The van der Waals surface area contributed by atoms with E-state index in [1.807, 2.05) is 18.2 Å². The molecular formula is C28H26Cl3FN4O. The van der Waals surface area contributed by atoms with Crippen molar-refractivity contribution in [1.29, 1.82) is 0 Å². The predicted molar refractivity (Wildman–Crippen MR) is 148 cm³/mol. The highest BCUT2D eigenvalue weighted by Gasteiger charge is 2.47. The Morgan fingerprint density at radius 2 is 1.84 bits per heavy atom. The maximum absolute atomic E-state index is 13.3. The van der Waals surface area contributed by atoms with Crippen LogP contribution in [0.2, 0.25) is 15.2 Å². The Balaban J connectivity index is 1.28. The Kier molecular flexibility index (Phi) is 7.72.